The van der Waals surface area contributed by atoms with Crippen LogP contribution in [0.15, 0.2) is 9.21 Å². The molecular formula is C10H15NO4. The van der Waals surface area contributed by atoms with Crippen molar-refractivity contribution < 1.29 is 14.3 Å². The average Bonchev–Trinajstić information content (AvgIpc) is 2.17. The maximum Gasteiger partial charge on any atom is 0.399 e. The summed E-state index contributed by atoms with van der Waals surface area (Å²) >= 11 is 0. The van der Waals surface area contributed by atoms with E-state index in [1.807, 2.05) is 6.92 Å². The summed E-state index contributed by atoms with van der Waals surface area (Å²) in [5.74, 6) is -0.289. The second-order valence-electron chi connectivity index (χ2n) is 3.11. The lowest BCUT2D eigenvalue weighted by Gasteiger charge is -2.03. The molecule has 1 aromatic heterocycles. The Hall–Kier alpha value is -1.52. The maximum atomic E-state index is 11.4. The minimum Gasteiger partial charge on any atom is -0.493 e. The van der Waals surface area contributed by atoms with E-state index in [0.717, 1.165) is 12.8 Å². The number of hydrogen-bond donors (Lipinski definition) is 1. The van der Waals surface area contributed by atoms with Crippen molar-refractivity contribution in [2.24, 2.45) is 0 Å². The van der Waals surface area contributed by atoms with Gasteiger partial charge in [-0.15, -0.1) is 4.98 Å². The number of unbranched alkanes of at least 4 members (excludes halogenated alkanes) is 1. The summed E-state index contributed by atoms with van der Waals surface area (Å²) < 4.78 is 9.67. The highest BCUT2D eigenvalue weighted by molar-refractivity contribution is 5.21. The lowest BCUT2D eigenvalue weighted by molar-refractivity contribution is 0.217. The molecule has 1 heterocycles. The number of aromatic hydroxyl groups is 1. The minimum atomic E-state index is -0.570. The molecule has 0 aliphatic rings. The van der Waals surface area contributed by atoms with E-state index in [1.54, 1.807) is 6.92 Å². The van der Waals surface area contributed by atoms with Crippen LogP contribution in [0.2, 0.25) is 0 Å². The number of hydrogen-bond acceptors (Lipinski definition) is 5. The Labute approximate surface area is 87.7 Å². The van der Waals surface area contributed by atoms with Crippen molar-refractivity contribution in [1.29, 1.82) is 0 Å². The molecule has 0 aliphatic carbocycles. The van der Waals surface area contributed by atoms with Crippen LogP contribution < -0.4 is 10.4 Å². The van der Waals surface area contributed by atoms with Crippen molar-refractivity contribution in [2.45, 2.75) is 33.1 Å². The Kier molecular flexibility index (Phi) is 4.15. The molecule has 0 fully saturated rings. The molecule has 0 bridgehead atoms. The van der Waals surface area contributed by atoms with Crippen LogP contribution in [0.4, 0.5) is 0 Å². The van der Waals surface area contributed by atoms with Gasteiger partial charge in [0.2, 0.25) is 5.88 Å². The largest absolute Gasteiger partial charge is 0.493 e. The van der Waals surface area contributed by atoms with Crippen LogP contribution in [0.5, 0.6) is 12.0 Å². The predicted molar refractivity (Wildman–Crippen MR) is 54.2 cm³/mol. The van der Waals surface area contributed by atoms with Gasteiger partial charge in [0.25, 0.3) is 0 Å². The van der Waals surface area contributed by atoms with Crippen molar-refractivity contribution >= 4 is 0 Å². The van der Waals surface area contributed by atoms with Gasteiger partial charge in [-0.25, -0.2) is 4.79 Å². The van der Waals surface area contributed by atoms with Gasteiger partial charge in [-0.1, -0.05) is 13.3 Å². The van der Waals surface area contributed by atoms with Crippen molar-refractivity contribution in [3.05, 3.63) is 16.0 Å². The Balaban J connectivity index is 2.94. The van der Waals surface area contributed by atoms with Crippen LogP contribution in [0.25, 0.3) is 0 Å². The van der Waals surface area contributed by atoms with E-state index >= 15 is 0 Å². The van der Waals surface area contributed by atoms with Crippen molar-refractivity contribution in [3.8, 4) is 12.0 Å². The summed E-state index contributed by atoms with van der Waals surface area (Å²) in [5.41, 5.74) is -0.347. The van der Waals surface area contributed by atoms with Crippen LogP contribution in [0.3, 0.4) is 0 Å². The van der Waals surface area contributed by atoms with E-state index in [1.165, 1.54) is 0 Å². The fourth-order valence-corrected chi connectivity index (χ4v) is 1.16. The van der Waals surface area contributed by atoms with E-state index in [9.17, 15) is 9.90 Å². The van der Waals surface area contributed by atoms with Gasteiger partial charge in [-0.05, 0) is 19.8 Å². The molecular weight excluding hydrogens is 198 g/mol. The second-order valence-corrected chi connectivity index (χ2v) is 3.11. The molecule has 84 valence electrons. The zero-order valence-electron chi connectivity index (χ0n) is 8.95. The topological polar surface area (TPSA) is 72.6 Å². The number of ether oxygens (including phenoxy) is 1. The van der Waals surface area contributed by atoms with Crippen LogP contribution in [-0.2, 0) is 6.42 Å². The molecule has 0 atom stereocenters. The smallest absolute Gasteiger partial charge is 0.399 e. The molecule has 1 aromatic rings. The third-order valence-electron chi connectivity index (χ3n) is 1.94. The van der Waals surface area contributed by atoms with Crippen LogP contribution in [-0.4, -0.2) is 16.7 Å². The van der Waals surface area contributed by atoms with E-state index in [4.69, 9.17) is 9.15 Å². The maximum absolute atomic E-state index is 11.4. The molecule has 0 unspecified atom stereocenters. The lowest BCUT2D eigenvalue weighted by atomic mass is 10.1. The molecule has 5 nitrogen and oxygen atoms in total. The predicted octanol–water partition coefficient (Wildman–Crippen LogP) is 1.48. The van der Waals surface area contributed by atoms with Gasteiger partial charge in [0.05, 0.1) is 12.2 Å². The SMILES string of the molecule is CCCCc1c(O)nc(OCC)oc1=O. The molecule has 0 spiro atoms. The first-order valence-corrected chi connectivity index (χ1v) is 5.04. The quantitative estimate of drug-likeness (QED) is 0.802. The van der Waals surface area contributed by atoms with Gasteiger partial charge in [-0.2, -0.15) is 0 Å². The number of rotatable bonds is 5. The summed E-state index contributed by atoms with van der Waals surface area (Å²) in [7, 11) is 0. The highest BCUT2D eigenvalue weighted by Crippen LogP contribution is 2.16. The molecule has 0 aromatic carbocycles. The minimum absolute atomic E-state index is 0.180. The fraction of sp³-hybridized carbons (Fsp3) is 0.600. The standard InChI is InChI=1S/C10H15NO4/c1-3-5-6-7-8(12)11-10(14-4-2)15-9(7)13/h12H,3-6H2,1-2H3. The third-order valence-corrected chi connectivity index (χ3v) is 1.94. The van der Waals surface area contributed by atoms with Crippen molar-refractivity contribution in [3.63, 3.8) is 0 Å². The third kappa shape index (κ3) is 2.97. The van der Waals surface area contributed by atoms with Gasteiger partial charge in [0.15, 0.2) is 0 Å². The normalized spacial score (nSPS) is 10.3. The zero-order chi connectivity index (χ0) is 11.3. The Morgan fingerprint density at radius 1 is 1.47 bits per heavy atom. The van der Waals surface area contributed by atoms with E-state index < -0.39 is 5.63 Å². The molecule has 0 saturated carbocycles. The van der Waals surface area contributed by atoms with E-state index in [-0.39, 0.29) is 17.5 Å². The molecule has 1 rings (SSSR count). The van der Waals surface area contributed by atoms with Gasteiger partial charge >= 0.3 is 11.7 Å². The summed E-state index contributed by atoms with van der Waals surface area (Å²) in [6.45, 7) is 4.08. The highest BCUT2D eigenvalue weighted by Gasteiger charge is 2.12. The molecule has 0 aliphatic heterocycles. The monoisotopic (exact) mass is 213 g/mol. The molecule has 15 heavy (non-hydrogen) atoms. The second kappa shape index (κ2) is 5.38. The Morgan fingerprint density at radius 3 is 2.73 bits per heavy atom. The van der Waals surface area contributed by atoms with Gasteiger partial charge in [-0.3, -0.25) is 0 Å². The number of nitrogens with zero attached hydrogens (tertiary/aromatic N) is 1. The van der Waals surface area contributed by atoms with Gasteiger partial charge in [0, 0.05) is 0 Å². The first-order chi connectivity index (χ1) is 7.19. The zero-order valence-corrected chi connectivity index (χ0v) is 8.95. The Bertz CT molecular complexity index is 372. The summed E-state index contributed by atoms with van der Waals surface area (Å²) in [4.78, 5) is 15.0. The Morgan fingerprint density at radius 2 is 2.20 bits per heavy atom. The summed E-state index contributed by atoms with van der Waals surface area (Å²) in [5, 5.41) is 9.47. The summed E-state index contributed by atoms with van der Waals surface area (Å²) in [6.07, 6.45) is 2.05. The van der Waals surface area contributed by atoms with Crippen molar-refractivity contribution in [1.82, 2.24) is 4.98 Å². The molecule has 0 saturated heterocycles. The van der Waals surface area contributed by atoms with E-state index in [0.29, 0.717) is 13.0 Å². The van der Waals surface area contributed by atoms with Crippen molar-refractivity contribution in [2.75, 3.05) is 6.61 Å². The molecule has 1 N–H and O–H groups in total. The molecule has 5 heteroatoms. The van der Waals surface area contributed by atoms with Crippen LogP contribution >= 0.6 is 0 Å². The summed E-state index contributed by atoms with van der Waals surface area (Å²) in [6, 6.07) is 0. The highest BCUT2D eigenvalue weighted by atomic mass is 16.6. The number of aromatic nitrogens is 1. The lowest BCUT2D eigenvalue weighted by Crippen LogP contribution is -2.10. The average molecular weight is 213 g/mol. The van der Waals surface area contributed by atoms with Gasteiger partial charge in [0.1, 0.15) is 0 Å². The fourth-order valence-electron chi connectivity index (χ4n) is 1.16. The van der Waals surface area contributed by atoms with Crippen LogP contribution in [0, 0.1) is 0 Å². The van der Waals surface area contributed by atoms with E-state index in [2.05, 4.69) is 4.98 Å². The van der Waals surface area contributed by atoms with Gasteiger partial charge < -0.3 is 14.3 Å². The first kappa shape index (κ1) is 11.6. The molecule has 0 amide bonds. The van der Waals surface area contributed by atoms with Crippen LogP contribution in [0.1, 0.15) is 32.3 Å². The first-order valence-electron chi connectivity index (χ1n) is 5.04. The molecule has 0 radical (unpaired) electrons.